The second-order valence-electron chi connectivity index (χ2n) is 5.22. The Bertz CT molecular complexity index is 432. The fourth-order valence-corrected chi connectivity index (χ4v) is 2.38. The minimum absolute atomic E-state index is 0.555. The van der Waals surface area contributed by atoms with Gasteiger partial charge in [-0.1, -0.05) is 0 Å². The average molecular weight is 312 g/mol. The quantitative estimate of drug-likeness (QED) is 0.757. The molecule has 18 heavy (non-hydrogen) atoms. The number of ether oxygens (including phenoxy) is 1. The van der Waals surface area contributed by atoms with E-state index in [0.29, 0.717) is 18.4 Å². The van der Waals surface area contributed by atoms with Gasteiger partial charge in [0.25, 0.3) is 0 Å². The van der Waals surface area contributed by atoms with Crippen LogP contribution in [-0.2, 0) is 0 Å². The third-order valence-corrected chi connectivity index (χ3v) is 3.90. The molecule has 0 radical (unpaired) electrons. The van der Waals surface area contributed by atoms with Crippen LogP contribution in [0.15, 0.2) is 10.7 Å². The predicted molar refractivity (Wildman–Crippen MR) is 72.9 cm³/mol. The van der Waals surface area contributed by atoms with Gasteiger partial charge in [-0.3, -0.25) is 0 Å². The maximum atomic E-state index is 5.73. The summed E-state index contributed by atoms with van der Waals surface area (Å²) >= 11 is 3.42. The van der Waals surface area contributed by atoms with E-state index in [9.17, 15) is 0 Å². The van der Waals surface area contributed by atoms with Crippen molar-refractivity contribution >= 4 is 15.9 Å². The van der Waals surface area contributed by atoms with Crippen LogP contribution >= 0.6 is 15.9 Å². The van der Waals surface area contributed by atoms with Crippen molar-refractivity contribution in [3.63, 3.8) is 0 Å². The molecule has 2 aliphatic rings. The van der Waals surface area contributed by atoms with Crippen LogP contribution in [-0.4, -0.2) is 41.1 Å². The second-order valence-corrected chi connectivity index (χ2v) is 6.03. The van der Waals surface area contributed by atoms with Crippen molar-refractivity contribution in [1.82, 2.24) is 14.9 Å². The summed E-state index contributed by atoms with van der Waals surface area (Å²) < 4.78 is 6.56. The first kappa shape index (κ1) is 12.4. The highest BCUT2D eigenvalue weighted by molar-refractivity contribution is 9.10. The van der Waals surface area contributed by atoms with E-state index < -0.39 is 0 Å². The minimum Gasteiger partial charge on any atom is -0.476 e. The molecule has 3 rings (SSSR count). The van der Waals surface area contributed by atoms with Gasteiger partial charge in [0.05, 0.1) is 0 Å². The monoisotopic (exact) mass is 311 g/mol. The SMILES string of the molecule is CN(CCOc1cc(Br)nc(C2CC2)n1)C1CC1. The largest absolute Gasteiger partial charge is 0.476 e. The molecule has 2 saturated carbocycles. The van der Waals surface area contributed by atoms with E-state index in [1.54, 1.807) is 0 Å². The molecule has 0 unspecified atom stereocenters. The van der Waals surface area contributed by atoms with E-state index in [2.05, 4.69) is 37.8 Å². The zero-order valence-corrected chi connectivity index (χ0v) is 12.2. The Morgan fingerprint density at radius 3 is 2.78 bits per heavy atom. The first-order valence-electron chi connectivity index (χ1n) is 6.60. The maximum absolute atomic E-state index is 5.73. The van der Waals surface area contributed by atoms with Gasteiger partial charge in [0, 0.05) is 24.6 Å². The lowest BCUT2D eigenvalue weighted by Gasteiger charge is -2.15. The van der Waals surface area contributed by atoms with Gasteiger partial charge in [-0.25, -0.2) is 4.98 Å². The van der Waals surface area contributed by atoms with Crippen LogP contribution in [0.3, 0.4) is 0 Å². The van der Waals surface area contributed by atoms with Gasteiger partial charge in [0.2, 0.25) is 5.88 Å². The smallest absolute Gasteiger partial charge is 0.217 e. The Kier molecular flexibility index (Phi) is 3.52. The van der Waals surface area contributed by atoms with Gasteiger partial charge in [-0.15, -0.1) is 0 Å². The molecule has 98 valence electrons. The third-order valence-electron chi connectivity index (χ3n) is 3.50. The van der Waals surface area contributed by atoms with Crippen molar-refractivity contribution in [1.29, 1.82) is 0 Å². The Hall–Kier alpha value is -0.680. The first-order valence-corrected chi connectivity index (χ1v) is 7.39. The number of nitrogens with zero attached hydrogens (tertiary/aromatic N) is 3. The summed E-state index contributed by atoms with van der Waals surface area (Å²) in [5, 5.41) is 0. The lowest BCUT2D eigenvalue weighted by molar-refractivity contribution is 0.225. The van der Waals surface area contributed by atoms with Crippen LogP contribution in [0.4, 0.5) is 0 Å². The number of halogens is 1. The Balaban J connectivity index is 1.54. The molecule has 0 bridgehead atoms. The van der Waals surface area contributed by atoms with Crippen LogP contribution in [0.2, 0.25) is 0 Å². The van der Waals surface area contributed by atoms with Crippen LogP contribution in [0.1, 0.15) is 37.4 Å². The zero-order chi connectivity index (χ0) is 12.5. The highest BCUT2D eigenvalue weighted by Gasteiger charge is 2.28. The fraction of sp³-hybridized carbons (Fsp3) is 0.692. The standard InChI is InChI=1S/C13H18BrN3O/c1-17(10-4-5-10)6-7-18-12-8-11(14)15-13(16-12)9-2-3-9/h8-10H,2-7H2,1H3. The summed E-state index contributed by atoms with van der Waals surface area (Å²) in [4.78, 5) is 11.2. The average Bonchev–Trinajstić information content (AvgIpc) is 3.17. The molecule has 1 aromatic rings. The molecule has 0 saturated heterocycles. The van der Waals surface area contributed by atoms with Crippen LogP contribution in [0.25, 0.3) is 0 Å². The molecule has 0 N–H and O–H groups in total. The Morgan fingerprint density at radius 2 is 2.11 bits per heavy atom. The maximum Gasteiger partial charge on any atom is 0.217 e. The number of aromatic nitrogens is 2. The fourth-order valence-electron chi connectivity index (χ4n) is 2.00. The molecule has 0 aliphatic heterocycles. The number of hydrogen-bond acceptors (Lipinski definition) is 4. The van der Waals surface area contributed by atoms with Gasteiger partial charge in [0.1, 0.15) is 17.0 Å². The summed E-state index contributed by atoms with van der Waals surface area (Å²) in [6, 6.07) is 2.64. The predicted octanol–water partition coefficient (Wildman–Crippen LogP) is 2.59. The molecule has 2 fully saturated rings. The van der Waals surface area contributed by atoms with Gasteiger partial charge in [0.15, 0.2) is 0 Å². The summed E-state index contributed by atoms with van der Waals surface area (Å²) in [5.74, 6) is 2.18. The Morgan fingerprint density at radius 1 is 1.33 bits per heavy atom. The first-order chi connectivity index (χ1) is 8.72. The zero-order valence-electron chi connectivity index (χ0n) is 10.6. The van der Waals surface area contributed by atoms with Gasteiger partial charge in [-0.2, -0.15) is 4.98 Å². The number of rotatable bonds is 6. The highest BCUT2D eigenvalue weighted by Crippen LogP contribution is 2.39. The molecule has 2 aliphatic carbocycles. The topological polar surface area (TPSA) is 38.2 Å². The molecule has 0 atom stereocenters. The lowest BCUT2D eigenvalue weighted by atomic mass is 10.4. The summed E-state index contributed by atoms with van der Waals surface area (Å²) in [6.45, 7) is 1.66. The summed E-state index contributed by atoms with van der Waals surface area (Å²) in [7, 11) is 2.16. The number of likely N-dealkylation sites (N-methyl/N-ethyl adjacent to an activating group) is 1. The third kappa shape index (κ3) is 3.20. The van der Waals surface area contributed by atoms with Crippen molar-refractivity contribution in [2.24, 2.45) is 0 Å². The van der Waals surface area contributed by atoms with Crippen LogP contribution in [0.5, 0.6) is 5.88 Å². The van der Waals surface area contributed by atoms with Gasteiger partial charge in [-0.05, 0) is 48.7 Å². The van der Waals surface area contributed by atoms with Crippen molar-refractivity contribution < 1.29 is 4.74 Å². The van der Waals surface area contributed by atoms with Crippen LogP contribution in [0, 0.1) is 0 Å². The van der Waals surface area contributed by atoms with Gasteiger partial charge < -0.3 is 9.64 Å². The summed E-state index contributed by atoms with van der Waals surface area (Å²) in [6.07, 6.45) is 5.09. The lowest BCUT2D eigenvalue weighted by Crippen LogP contribution is -2.26. The number of hydrogen-bond donors (Lipinski definition) is 0. The van der Waals surface area contributed by atoms with Crippen molar-refractivity contribution in [2.45, 2.75) is 37.6 Å². The molecule has 1 aromatic heterocycles. The van der Waals surface area contributed by atoms with Gasteiger partial charge >= 0.3 is 0 Å². The molecule has 1 heterocycles. The van der Waals surface area contributed by atoms with E-state index in [-0.39, 0.29) is 0 Å². The van der Waals surface area contributed by atoms with Crippen LogP contribution < -0.4 is 4.74 Å². The van der Waals surface area contributed by atoms with Crippen molar-refractivity contribution in [3.8, 4) is 5.88 Å². The molecular formula is C13H18BrN3O. The minimum atomic E-state index is 0.555. The van der Waals surface area contributed by atoms with E-state index in [1.165, 1.54) is 25.7 Å². The highest BCUT2D eigenvalue weighted by atomic mass is 79.9. The second kappa shape index (κ2) is 5.13. The Labute approximate surface area is 116 Å². The van der Waals surface area contributed by atoms with Crippen molar-refractivity contribution in [3.05, 3.63) is 16.5 Å². The van der Waals surface area contributed by atoms with E-state index in [4.69, 9.17) is 4.74 Å². The van der Waals surface area contributed by atoms with Crippen molar-refractivity contribution in [2.75, 3.05) is 20.2 Å². The normalized spacial score (nSPS) is 19.3. The molecule has 0 amide bonds. The molecule has 5 heteroatoms. The molecule has 0 spiro atoms. The van der Waals surface area contributed by atoms with E-state index in [1.807, 2.05) is 6.07 Å². The molecular weight excluding hydrogens is 294 g/mol. The molecule has 0 aromatic carbocycles. The molecule has 4 nitrogen and oxygen atoms in total. The summed E-state index contributed by atoms with van der Waals surface area (Å²) in [5.41, 5.74) is 0. The van der Waals surface area contributed by atoms with E-state index in [0.717, 1.165) is 23.0 Å². The van der Waals surface area contributed by atoms with E-state index >= 15 is 0 Å².